The van der Waals surface area contributed by atoms with Gasteiger partial charge in [0.15, 0.2) is 11.5 Å². The molecule has 0 radical (unpaired) electrons. The zero-order valence-corrected chi connectivity index (χ0v) is 19.0. The highest BCUT2D eigenvalue weighted by Gasteiger charge is 2.27. The van der Waals surface area contributed by atoms with Gasteiger partial charge in [-0.05, 0) is 36.8 Å². The maximum atomic E-state index is 13.2. The Morgan fingerprint density at radius 3 is 2.42 bits per heavy atom. The average molecular weight is 447 g/mol. The molecule has 0 aliphatic rings. The lowest BCUT2D eigenvalue weighted by atomic mass is 10.1. The second kappa shape index (κ2) is 8.89. The highest BCUT2D eigenvalue weighted by Crippen LogP contribution is 2.32. The highest BCUT2D eigenvalue weighted by atomic mass is 32.2. The molecule has 166 valence electrons. The van der Waals surface area contributed by atoms with Gasteiger partial charge < -0.3 is 19.2 Å². The summed E-state index contributed by atoms with van der Waals surface area (Å²) in [6.45, 7) is 1.69. The molecular formula is C22H26N2O6S. The molecule has 0 bridgehead atoms. The van der Waals surface area contributed by atoms with Gasteiger partial charge >= 0.3 is 0 Å². The largest absolute Gasteiger partial charge is 0.497 e. The highest BCUT2D eigenvalue weighted by molar-refractivity contribution is 7.88. The molecule has 1 amide bonds. The smallest absolute Gasteiger partial charge is 0.240 e. The standard InChI is InChI=1S/C22H26N2O6S/c1-14-17(18-11-16(28-2)9-10-19(18)23-14)12-21(25)24(31(5,26)27)13-15-7-6-8-20(29-3)22(15)30-4/h6-11,23H,12-13H2,1-5H3. The lowest BCUT2D eigenvalue weighted by Crippen LogP contribution is -2.36. The summed E-state index contributed by atoms with van der Waals surface area (Å²) < 4.78 is 41.9. The third-order valence-electron chi connectivity index (χ3n) is 5.13. The zero-order chi connectivity index (χ0) is 22.8. The number of methoxy groups -OCH3 is 3. The Morgan fingerprint density at radius 2 is 1.81 bits per heavy atom. The number of sulfonamides is 1. The summed E-state index contributed by atoms with van der Waals surface area (Å²) in [6.07, 6.45) is 0.932. The molecule has 8 nitrogen and oxygen atoms in total. The average Bonchev–Trinajstić information content (AvgIpc) is 3.04. The van der Waals surface area contributed by atoms with E-state index in [4.69, 9.17) is 14.2 Å². The van der Waals surface area contributed by atoms with E-state index in [1.165, 1.54) is 14.2 Å². The molecule has 0 saturated heterocycles. The summed E-state index contributed by atoms with van der Waals surface area (Å²) in [4.78, 5) is 16.4. The van der Waals surface area contributed by atoms with Crippen LogP contribution >= 0.6 is 0 Å². The molecule has 1 N–H and O–H groups in total. The molecule has 31 heavy (non-hydrogen) atoms. The van der Waals surface area contributed by atoms with E-state index in [1.807, 2.05) is 25.1 Å². The Labute approximate surface area is 181 Å². The molecule has 2 aromatic carbocycles. The van der Waals surface area contributed by atoms with Crippen LogP contribution in [0.5, 0.6) is 17.2 Å². The summed E-state index contributed by atoms with van der Waals surface area (Å²) >= 11 is 0. The van der Waals surface area contributed by atoms with Gasteiger partial charge in [-0.25, -0.2) is 12.7 Å². The van der Waals surface area contributed by atoms with Crippen molar-refractivity contribution in [3.63, 3.8) is 0 Å². The van der Waals surface area contributed by atoms with Gasteiger partial charge in [0, 0.05) is 22.2 Å². The number of aryl methyl sites for hydroxylation is 1. The van der Waals surface area contributed by atoms with Crippen molar-refractivity contribution >= 4 is 26.8 Å². The molecule has 3 rings (SSSR count). The van der Waals surface area contributed by atoms with Gasteiger partial charge in [0.2, 0.25) is 15.9 Å². The number of hydrogen-bond acceptors (Lipinski definition) is 6. The number of fused-ring (bicyclic) bond motifs is 1. The van der Waals surface area contributed by atoms with Crippen LogP contribution in [0.3, 0.4) is 0 Å². The first-order chi connectivity index (χ1) is 14.7. The first-order valence-corrected chi connectivity index (χ1v) is 11.4. The minimum absolute atomic E-state index is 0.0850. The number of aromatic nitrogens is 1. The van der Waals surface area contributed by atoms with Crippen molar-refractivity contribution in [2.45, 2.75) is 19.9 Å². The van der Waals surface area contributed by atoms with Gasteiger partial charge in [0.25, 0.3) is 0 Å². The van der Waals surface area contributed by atoms with Crippen LogP contribution in [0.15, 0.2) is 36.4 Å². The molecule has 1 heterocycles. The number of carbonyl (C=O) groups excluding carboxylic acids is 1. The third-order valence-corrected chi connectivity index (χ3v) is 6.27. The van der Waals surface area contributed by atoms with E-state index in [0.717, 1.165) is 32.7 Å². The van der Waals surface area contributed by atoms with Crippen LogP contribution in [0, 0.1) is 6.92 Å². The predicted octanol–water partition coefficient (Wildman–Crippen LogP) is 3.03. The van der Waals surface area contributed by atoms with Gasteiger partial charge in [0.1, 0.15) is 5.75 Å². The number of amides is 1. The monoisotopic (exact) mass is 446 g/mol. The molecule has 3 aromatic rings. The van der Waals surface area contributed by atoms with Crippen LogP contribution in [-0.4, -0.2) is 51.2 Å². The fourth-order valence-electron chi connectivity index (χ4n) is 3.58. The van der Waals surface area contributed by atoms with Gasteiger partial charge in [-0.1, -0.05) is 12.1 Å². The molecule has 9 heteroatoms. The van der Waals surface area contributed by atoms with Crippen LogP contribution < -0.4 is 14.2 Å². The van der Waals surface area contributed by atoms with Gasteiger partial charge in [-0.15, -0.1) is 0 Å². The van der Waals surface area contributed by atoms with Crippen LogP contribution in [0.4, 0.5) is 0 Å². The van der Waals surface area contributed by atoms with E-state index in [1.54, 1.807) is 25.3 Å². The minimum Gasteiger partial charge on any atom is -0.497 e. The fourth-order valence-corrected chi connectivity index (χ4v) is 4.39. The van der Waals surface area contributed by atoms with Crippen molar-refractivity contribution < 1.29 is 27.4 Å². The lowest BCUT2D eigenvalue weighted by Gasteiger charge is -2.22. The van der Waals surface area contributed by atoms with E-state index in [9.17, 15) is 13.2 Å². The normalized spacial score (nSPS) is 11.4. The summed E-state index contributed by atoms with van der Waals surface area (Å²) in [5.41, 5.74) is 2.90. The Kier molecular flexibility index (Phi) is 6.45. The minimum atomic E-state index is -3.84. The van der Waals surface area contributed by atoms with Crippen molar-refractivity contribution in [3.8, 4) is 17.2 Å². The quantitative estimate of drug-likeness (QED) is 0.571. The van der Waals surface area contributed by atoms with Gasteiger partial charge in [-0.3, -0.25) is 4.79 Å². The molecule has 0 spiro atoms. The predicted molar refractivity (Wildman–Crippen MR) is 118 cm³/mol. The topological polar surface area (TPSA) is 97.9 Å². The number of nitrogens with one attached hydrogen (secondary N) is 1. The van der Waals surface area contributed by atoms with Crippen LogP contribution in [0.25, 0.3) is 10.9 Å². The zero-order valence-electron chi connectivity index (χ0n) is 18.2. The fraction of sp³-hybridized carbons (Fsp3) is 0.318. The summed E-state index contributed by atoms with van der Waals surface area (Å²) in [5.74, 6) is 0.959. The summed E-state index contributed by atoms with van der Waals surface area (Å²) in [5, 5.41) is 0.817. The van der Waals surface area contributed by atoms with Gasteiger partial charge in [0.05, 0.1) is 40.6 Å². The Morgan fingerprint density at radius 1 is 1.06 bits per heavy atom. The van der Waals surface area contributed by atoms with Crippen molar-refractivity contribution in [2.24, 2.45) is 0 Å². The Balaban J connectivity index is 1.98. The van der Waals surface area contributed by atoms with Crippen molar-refractivity contribution in [3.05, 3.63) is 53.2 Å². The molecule has 0 saturated carbocycles. The second-order valence-corrected chi connectivity index (χ2v) is 9.04. The van der Waals surface area contributed by atoms with Crippen molar-refractivity contribution in [1.29, 1.82) is 0 Å². The Bertz CT molecular complexity index is 1220. The maximum absolute atomic E-state index is 13.2. The number of carbonyl (C=O) groups is 1. The number of ether oxygens (including phenoxy) is 3. The summed E-state index contributed by atoms with van der Waals surface area (Å²) in [6, 6.07) is 10.6. The molecule has 0 aliphatic heterocycles. The molecule has 0 atom stereocenters. The number of para-hydroxylation sites is 1. The summed E-state index contributed by atoms with van der Waals surface area (Å²) in [7, 11) is 0.695. The first-order valence-electron chi connectivity index (χ1n) is 9.55. The van der Waals surface area contributed by atoms with Crippen LogP contribution in [-0.2, 0) is 27.8 Å². The maximum Gasteiger partial charge on any atom is 0.240 e. The molecular weight excluding hydrogens is 420 g/mol. The number of aromatic amines is 1. The van der Waals surface area contributed by atoms with E-state index >= 15 is 0 Å². The first kappa shape index (κ1) is 22.5. The van der Waals surface area contributed by atoms with Crippen LogP contribution in [0.2, 0.25) is 0 Å². The Hall–Kier alpha value is -3.20. The van der Waals surface area contributed by atoms with E-state index in [-0.39, 0.29) is 13.0 Å². The third kappa shape index (κ3) is 4.61. The molecule has 1 aromatic heterocycles. The molecule has 0 aliphatic carbocycles. The molecule has 0 fully saturated rings. The lowest BCUT2D eigenvalue weighted by molar-refractivity contribution is -0.126. The van der Waals surface area contributed by atoms with Gasteiger partial charge in [-0.2, -0.15) is 0 Å². The second-order valence-electron chi connectivity index (χ2n) is 7.13. The van der Waals surface area contributed by atoms with E-state index < -0.39 is 15.9 Å². The number of H-pyrrole nitrogens is 1. The van der Waals surface area contributed by atoms with E-state index in [0.29, 0.717) is 22.8 Å². The van der Waals surface area contributed by atoms with Crippen LogP contribution in [0.1, 0.15) is 16.8 Å². The SMILES string of the molecule is COc1ccc2[nH]c(C)c(CC(=O)N(Cc3cccc(OC)c3OC)S(C)(=O)=O)c2c1. The molecule has 0 unspecified atom stereocenters. The van der Waals surface area contributed by atoms with Crippen molar-refractivity contribution in [1.82, 2.24) is 9.29 Å². The number of benzene rings is 2. The number of nitrogens with zero attached hydrogens (tertiary/aromatic N) is 1. The van der Waals surface area contributed by atoms with E-state index in [2.05, 4.69) is 4.98 Å². The number of rotatable bonds is 8. The number of hydrogen-bond donors (Lipinski definition) is 1. The van der Waals surface area contributed by atoms with Crippen molar-refractivity contribution in [2.75, 3.05) is 27.6 Å².